The lowest BCUT2D eigenvalue weighted by atomic mass is 9.72. The number of pyridine rings is 1. The zero-order chi connectivity index (χ0) is 12.4. The van der Waals surface area contributed by atoms with Crippen LogP contribution in [0.2, 0.25) is 0 Å². The van der Waals surface area contributed by atoms with Crippen LogP contribution in [0.25, 0.3) is 0 Å². The molecule has 0 atom stereocenters. The predicted octanol–water partition coefficient (Wildman–Crippen LogP) is 2.93. The van der Waals surface area contributed by atoms with Crippen molar-refractivity contribution in [3.05, 3.63) is 64.4 Å². The zero-order valence-corrected chi connectivity index (χ0v) is 11.7. The minimum atomic E-state index is 0.224. The van der Waals surface area contributed by atoms with Gasteiger partial charge in [0.2, 0.25) is 0 Å². The Balaban J connectivity index is 1.87. The third kappa shape index (κ3) is 2.20. The smallest absolute Gasteiger partial charge is 0.0414 e. The Morgan fingerprint density at radius 1 is 1.11 bits per heavy atom. The molecule has 1 aromatic heterocycles. The first kappa shape index (κ1) is 11.9. The Hall–Kier alpha value is -1.19. The lowest BCUT2D eigenvalue weighted by Gasteiger charge is -2.43. The molecule has 1 aliphatic rings. The van der Waals surface area contributed by atoms with Crippen molar-refractivity contribution in [1.82, 2.24) is 10.3 Å². The quantitative estimate of drug-likeness (QED) is 0.943. The van der Waals surface area contributed by atoms with Crippen LogP contribution in [0.4, 0.5) is 0 Å². The van der Waals surface area contributed by atoms with E-state index in [1.807, 2.05) is 6.20 Å². The highest BCUT2D eigenvalue weighted by molar-refractivity contribution is 9.10. The van der Waals surface area contributed by atoms with E-state index in [1.165, 1.54) is 5.56 Å². The van der Waals surface area contributed by atoms with Crippen LogP contribution in [0.15, 0.2) is 53.1 Å². The van der Waals surface area contributed by atoms with Gasteiger partial charge in [-0.1, -0.05) is 30.3 Å². The van der Waals surface area contributed by atoms with Gasteiger partial charge in [0.25, 0.3) is 0 Å². The number of aromatic nitrogens is 1. The molecule has 3 heteroatoms. The molecule has 1 saturated heterocycles. The lowest BCUT2D eigenvalue weighted by Crippen LogP contribution is -2.58. The summed E-state index contributed by atoms with van der Waals surface area (Å²) in [5.41, 5.74) is 2.79. The summed E-state index contributed by atoms with van der Waals surface area (Å²) in [6.45, 7) is 2.07. The van der Waals surface area contributed by atoms with Crippen molar-refractivity contribution in [2.24, 2.45) is 0 Å². The summed E-state index contributed by atoms with van der Waals surface area (Å²) in [6.07, 6.45) is 2.87. The van der Waals surface area contributed by atoms with Crippen molar-refractivity contribution >= 4 is 15.9 Å². The number of rotatable bonds is 3. The molecule has 2 heterocycles. The molecule has 0 radical (unpaired) electrons. The van der Waals surface area contributed by atoms with Gasteiger partial charge in [0, 0.05) is 41.3 Å². The lowest BCUT2D eigenvalue weighted by molar-refractivity contribution is 0.272. The summed E-state index contributed by atoms with van der Waals surface area (Å²) >= 11 is 3.43. The Bertz CT molecular complexity index is 518. The van der Waals surface area contributed by atoms with Crippen LogP contribution >= 0.6 is 15.9 Å². The highest BCUT2D eigenvalue weighted by Crippen LogP contribution is 2.32. The van der Waals surface area contributed by atoms with Gasteiger partial charge < -0.3 is 5.32 Å². The Morgan fingerprint density at radius 2 is 1.89 bits per heavy atom. The molecule has 0 spiro atoms. The highest BCUT2D eigenvalue weighted by Gasteiger charge is 2.38. The summed E-state index contributed by atoms with van der Waals surface area (Å²) in [5.74, 6) is 0. The van der Waals surface area contributed by atoms with Gasteiger partial charge in [-0.05, 0) is 33.6 Å². The van der Waals surface area contributed by atoms with E-state index in [4.69, 9.17) is 0 Å². The number of halogens is 1. The second kappa shape index (κ2) is 4.82. The van der Waals surface area contributed by atoms with Crippen molar-refractivity contribution < 1.29 is 0 Å². The number of nitrogens with one attached hydrogen (secondary N) is 1. The van der Waals surface area contributed by atoms with Gasteiger partial charge >= 0.3 is 0 Å². The number of hydrogen-bond donors (Lipinski definition) is 1. The van der Waals surface area contributed by atoms with Gasteiger partial charge in [0.15, 0.2) is 0 Å². The van der Waals surface area contributed by atoms with Crippen LogP contribution in [0.1, 0.15) is 11.3 Å². The number of benzene rings is 1. The maximum absolute atomic E-state index is 4.50. The molecule has 2 nitrogen and oxygen atoms in total. The van der Waals surface area contributed by atoms with Crippen LogP contribution in [0.3, 0.4) is 0 Å². The Kier molecular flexibility index (Phi) is 3.18. The van der Waals surface area contributed by atoms with Gasteiger partial charge in [0.1, 0.15) is 0 Å². The predicted molar refractivity (Wildman–Crippen MR) is 76.6 cm³/mol. The highest BCUT2D eigenvalue weighted by atomic mass is 79.9. The maximum Gasteiger partial charge on any atom is 0.0414 e. The van der Waals surface area contributed by atoms with Crippen molar-refractivity contribution in [3.8, 4) is 0 Å². The minimum Gasteiger partial charge on any atom is -0.315 e. The van der Waals surface area contributed by atoms with E-state index in [0.29, 0.717) is 0 Å². The molecule has 18 heavy (non-hydrogen) atoms. The fraction of sp³-hybridized carbons (Fsp3) is 0.267. The van der Waals surface area contributed by atoms with E-state index in [-0.39, 0.29) is 5.41 Å². The second-order valence-corrected chi connectivity index (χ2v) is 5.81. The van der Waals surface area contributed by atoms with Crippen molar-refractivity contribution in [2.45, 2.75) is 11.8 Å². The summed E-state index contributed by atoms with van der Waals surface area (Å²) in [7, 11) is 0. The van der Waals surface area contributed by atoms with Gasteiger partial charge in [-0.3, -0.25) is 4.98 Å². The maximum atomic E-state index is 4.50. The molecule has 0 unspecified atom stereocenters. The van der Waals surface area contributed by atoms with Gasteiger partial charge in [-0.2, -0.15) is 0 Å². The van der Waals surface area contributed by atoms with Crippen LogP contribution in [-0.4, -0.2) is 18.1 Å². The van der Waals surface area contributed by atoms with Crippen LogP contribution in [-0.2, 0) is 11.8 Å². The zero-order valence-electron chi connectivity index (χ0n) is 10.1. The number of nitrogens with zero attached hydrogens (tertiary/aromatic N) is 1. The first-order valence-corrected chi connectivity index (χ1v) is 6.95. The molecule has 0 bridgehead atoms. The normalized spacial score (nSPS) is 17.2. The Morgan fingerprint density at radius 3 is 2.44 bits per heavy atom. The third-order valence-corrected chi connectivity index (χ3v) is 4.09. The molecule has 0 aliphatic carbocycles. The molecule has 0 amide bonds. The van der Waals surface area contributed by atoms with Crippen molar-refractivity contribution in [3.63, 3.8) is 0 Å². The van der Waals surface area contributed by atoms with E-state index in [1.54, 1.807) is 0 Å². The van der Waals surface area contributed by atoms with Crippen molar-refractivity contribution in [1.29, 1.82) is 0 Å². The molecule has 1 fully saturated rings. The van der Waals surface area contributed by atoms with E-state index >= 15 is 0 Å². The largest absolute Gasteiger partial charge is 0.315 e. The van der Waals surface area contributed by atoms with Gasteiger partial charge in [0.05, 0.1) is 0 Å². The van der Waals surface area contributed by atoms with Gasteiger partial charge in [-0.15, -0.1) is 0 Å². The molecule has 1 aliphatic heterocycles. The first-order valence-electron chi connectivity index (χ1n) is 6.15. The molecule has 3 rings (SSSR count). The van der Waals surface area contributed by atoms with Crippen LogP contribution in [0.5, 0.6) is 0 Å². The van der Waals surface area contributed by atoms with Gasteiger partial charge in [-0.25, -0.2) is 0 Å². The SMILES string of the molecule is Brc1ccc(CC2(c3ccccc3)CNC2)nc1. The molecular formula is C15H15BrN2. The van der Waals surface area contributed by atoms with Crippen LogP contribution < -0.4 is 5.32 Å². The van der Waals surface area contributed by atoms with E-state index in [2.05, 4.69) is 68.7 Å². The van der Waals surface area contributed by atoms with Crippen LogP contribution in [0, 0.1) is 0 Å². The van der Waals surface area contributed by atoms with E-state index in [0.717, 1.165) is 29.7 Å². The molecule has 1 aromatic carbocycles. The fourth-order valence-electron chi connectivity index (χ4n) is 2.51. The minimum absolute atomic E-state index is 0.224. The molecule has 1 N–H and O–H groups in total. The van der Waals surface area contributed by atoms with E-state index < -0.39 is 0 Å². The molecule has 2 aromatic rings. The summed E-state index contributed by atoms with van der Waals surface area (Å²) < 4.78 is 1.03. The number of hydrogen-bond acceptors (Lipinski definition) is 2. The third-order valence-electron chi connectivity index (χ3n) is 3.62. The average Bonchev–Trinajstić information content (AvgIpc) is 2.37. The first-order chi connectivity index (χ1) is 8.78. The standard InChI is InChI=1S/C15H15BrN2/c16-13-6-7-14(18-9-13)8-15(10-17-11-15)12-4-2-1-3-5-12/h1-7,9,17H,8,10-11H2. The summed E-state index contributed by atoms with van der Waals surface area (Å²) in [6, 6.07) is 14.9. The topological polar surface area (TPSA) is 24.9 Å². The summed E-state index contributed by atoms with van der Waals surface area (Å²) in [4.78, 5) is 4.50. The fourth-order valence-corrected chi connectivity index (χ4v) is 2.74. The van der Waals surface area contributed by atoms with Crippen molar-refractivity contribution in [2.75, 3.05) is 13.1 Å². The monoisotopic (exact) mass is 302 g/mol. The summed E-state index contributed by atoms with van der Waals surface area (Å²) in [5, 5.41) is 3.40. The average molecular weight is 303 g/mol. The second-order valence-electron chi connectivity index (χ2n) is 4.89. The Labute approximate surface area is 116 Å². The molecular weight excluding hydrogens is 288 g/mol. The molecule has 0 saturated carbocycles. The molecule has 92 valence electrons. The van der Waals surface area contributed by atoms with E-state index in [9.17, 15) is 0 Å².